The Balaban J connectivity index is 2.31. The molecular weight excluding hydrogens is 206 g/mol. The highest BCUT2D eigenvalue weighted by atomic mass is 16.4. The van der Waals surface area contributed by atoms with Crippen molar-refractivity contribution in [2.24, 2.45) is 5.73 Å². The van der Waals surface area contributed by atoms with Crippen LogP contribution in [0.3, 0.4) is 0 Å². The molecule has 0 aliphatic rings. The number of nitrogens with zero attached hydrogens (tertiary/aromatic N) is 2. The Morgan fingerprint density at radius 1 is 1.44 bits per heavy atom. The van der Waals surface area contributed by atoms with E-state index in [0.717, 1.165) is 6.42 Å². The fourth-order valence-electron chi connectivity index (χ4n) is 1.31. The number of phenols is 1. The van der Waals surface area contributed by atoms with Gasteiger partial charge in [0.1, 0.15) is 5.75 Å². The number of hydrogen-bond acceptors (Lipinski definition) is 5. The van der Waals surface area contributed by atoms with Crippen LogP contribution in [0, 0.1) is 0 Å². The van der Waals surface area contributed by atoms with Crippen molar-refractivity contribution >= 4 is 0 Å². The maximum absolute atomic E-state index is 9.32. The summed E-state index contributed by atoms with van der Waals surface area (Å²) in [5, 5.41) is 17.1. The van der Waals surface area contributed by atoms with Crippen LogP contribution in [-0.2, 0) is 0 Å². The molecule has 0 saturated heterocycles. The maximum atomic E-state index is 9.32. The van der Waals surface area contributed by atoms with E-state index in [1.54, 1.807) is 24.3 Å². The second kappa shape index (κ2) is 4.32. The van der Waals surface area contributed by atoms with Gasteiger partial charge in [0.15, 0.2) is 0 Å². The SMILES string of the molecule is CCC(N)c1nnc(-c2cccc(O)c2)o1. The molecule has 2 aromatic rings. The third-order valence-electron chi connectivity index (χ3n) is 2.29. The first kappa shape index (κ1) is 10.6. The molecule has 1 aromatic heterocycles. The minimum atomic E-state index is -0.237. The molecule has 0 aliphatic carbocycles. The van der Waals surface area contributed by atoms with Crippen molar-refractivity contribution in [3.63, 3.8) is 0 Å². The molecule has 84 valence electrons. The summed E-state index contributed by atoms with van der Waals surface area (Å²) in [7, 11) is 0. The number of aromatic nitrogens is 2. The predicted molar refractivity (Wildman–Crippen MR) is 58.6 cm³/mol. The molecule has 5 heteroatoms. The van der Waals surface area contributed by atoms with E-state index in [9.17, 15) is 5.11 Å². The number of hydrogen-bond donors (Lipinski definition) is 2. The van der Waals surface area contributed by atoms with Crippen LogP contribution >= 0.6 is 0 Å². The lowest BCUT2D eigenvalue weighted by Gasteiger charge is -2.00. The molecule has 0 amide bonds. The third kappa shape index (κ3) is 2.04. The molecule has 16 heavy (non-hydrogen) atoms. The van der Waals surface area contributed by atoms with Gasteiger partial charge in [-0.3, -0.25) is 0 Å². The fraction of sp³-hybridized carbons (Fsp3) is 0.273. The van der Waals surface area contributed by atoms with Gasteiger partial charge in [-0.1, -0.05) is 13.0 Å². The minimum Gasteiger partial charge on any atom is -0.508 e. The first-order valence-corrected chi connectivity index (χ1v) is 5.09. The Bertz CT molecular complexity index is 482. The molecule has 5 nitrogen and oxygen atoms in total. The monoisotopic (exact) mass is 219 g/mol. The van der Waals surface area contributed by atoms with Crippen LogP contribution in [0.25, 0.3) is 11.5 Å². The minimum absolute atomic E-state index is 0.164. The van der Waals surface area contributed by atoms with Gasteiger partial charge in [0.2, 0.25) is 11.8 Å². The predicted octanol–water partition coefficient (Wildman–Crippen LogP) is 1.85. The summed E-state index contributed by atoms with van der Waals surface area (Å²) >= 11 is 0. The van der Waals surface area contributed by atoms with E-state index >= 15 is 0 Å². The molecule has 1 atom stereocenters. The summed E-state index contributed by atoms with van der Waals surface area (Å²) in [4.78, 5) is 0. The highest BCUT2D eigenvalue weighted by Gasteiger charge is 2.13. The Kier molecular flexibility index (Phi) is 2.87. The molecule has 0 aliphatic heterocycles. The van der Waals surface area contributed by atoms with Gasteiger partial charge in [-0.05, 0) is 24.6 Å². The van der Waals surface area contributed by atoms with E-state index in [2.05, 4.69) is 10.2 Å². The average Bonchev–Trinajstić information content (AvgIpc) is 2.77. The van der Waals surface area contributed by atoms with Gasteiger partial charge in [-0.25, -0.2) is 0 Å². The molecule has 0 radical (unpaired) electrons. The lowest BCUT2D eigenvalue weighted by molar-refractivity contribution is 0.451. The van der Waals surface area contributed by atoms with Crippen LogP contribution in [0.1, 0.15) is 25.3 Å². The van der Waals surface area contributed by atoms with Crippen LogP contribution in [-0.4, -0.2) is 15.3 Å². The molecule has 2 rings (SSSR count). The topological polar surface area (TPSA) is 85.2 Å². The normalized spacial score (nSPS) is 12.6. The summed E-state index contributed by atoms with van der Waals surface area (Å²) in [6, 6.07) is 6.41. The quantitative estimate of drug-likeness (QED) is 0.822. The smallest absolute Gasteiger partial charge is 0.247 e. The van der Waals surface area contributed by atoms with Crippen LogP contribution in [0.4, 0.5) is 0 Å². The zero-order chi connectivity index (χ0) is 11.5. The number of nitrogens with two attached hydrogens (primary N) is 1. The number of benzene rings is 1. The van der Waals surface area contributed by atoms with Crippen LogP contribution < -0.4 is 5.73 Å². The molecule has 1 heterocycles. The summed E-state index contributed by atoms with van der Waals surface area (Å²) in [5.41, 5.74) is 6.45. The van der Waals surface area contributed by atoms with E-state index in [4.69, 9.17) is 10.2 Å². The van der Waals surface area contributed by atoms with Crippen molar-refractivity contribution in [3.8, 4) is 17.2 Å². The second-order valence-corrected chi connectivity index (χ2v) is 3.51. The van der Waals surface area contributed by atoms with Crippen molar-refractivity contribution in [1.82, 2.24) is 10.2 Å². The number of aromatic hydroxyl groups is 1. The lowest BCUT2D eigenvalue weighted by Crippen LogP contribution is -2.08. The Labute approximate surface area is 92.9 Å². The van der Waals surface area contributed by atoms with Gasteiger partial charge in [-0.2, -0.15) is 0 Å². The largest absolute Gasteiger partial charge is 0.508 e. The zero-order valence-corrected chi connectivity index (χ0v) is 8.92. The summed E-state index contributed by atoms with van der Waals surface area (Å²) < 4.78 is 5.42. The Hall–Kier alpha value is -1.88. The van der Waals surface area contributed by atoms with Gasteiger partial charge >= 0.3 is 0 Å². The molecule has 0 bridgehead atoms. The second-order valence-electron chi connectivity index (χ2n) is 3.51. The van der Waals surface area contributed by atoms with Crippen molar-refractivity contribution in [2.45, 2.75) is 19.4 Å². The van der Waals surface area contributed by atoms with Gasteiger partial charge in [0, 0.05) is 5.56 Å². The fourth-order valence-corrected chi connectivity index (χ4v) is 1.31. The first-order valence-electron chi connectivity index (χ1n) is 5.09. The number of phenolic OH excluding ortho intramolecular Hbond substituents is 1. The summed E-state index contributed by atoms with van der Waals surface area (Å²) in [5.74, 6) is 0.952. The molecule has 0 fully saturated rings. The third-order valence-corrected chi connectivity index (χ3v) is 2.29. The van der Waals surface area contributed by atoms with E-state index in [0.29, 0.717) is 17.3 Å². The van der Waals surface area contributed by atoms with Gasteiger partial charge in [0.25, 0.3) is 0 Å². The molecule has 0 spiro atoms. The van der Waals surface area contributed by atoms with Crippen LogP contribution in [0.15, 0.2) is 28.7 Å². The summed E-state index contributed by atoms with van der Waals surface area (Å²) in [6.07, 6.45) is 0.738. The van der Waals surface area contributed by atoms with Crippen molar-refractivity contribution < 1.29 is 9.52 Å². The zero-order valence-electron chi connectivity index (χ0n) is 8.92. The molecule has 1 unspecified atom stereocenters. The van der Waals surface area contributed by atoms with Crippen molar-refractivity contribution in [1.29, 1.82) is 0 Å². The molecule has 1 aromatic carbocycles. The van der Waals surface area contributed by atoms with E-state index < -0.39 is 0 Å². The van der Waals surface area contributed by atoms with Crippen LogP contribution in [0.5, 0.6) is 5.75 Å². The Morgan fingerprint density at radius 3 is 2.94 bits per heavy atom. The van der Waals surface area contributed by atoms with E-state index in [-0.39, 0.29) is 11.8 Å². The van der Waals surface area contributed by atoms with Crippen LogP contribution in [0.2, 0.25) is 0 Å². The van der Waals surface area contributed by atoms with Gasteiger partial charge < -0.3 is 15.3 Å². The lowest BCUT2D eigenvalue weighted by atomic mass is 10.2. The standard InChI is InChI=1S/C11H13N3O2/c1-2-9(12)11-14-13-10(16-11)7-4-3-5-8(15)6-7/h3-6,9,15H,2,12H2,1H3. The molecule has 3 N–H and O–H groups in total. The average molecular weight is 219 g/mol. The van der Waals surface area contributed by atoms with Crippen molar-refractivity contribution in [2.75, 3.05) is 0 Å². The van der Waals surface area contributed by atoms with Gasteiger partial charge in [0.05, 0.1) is 6.04 Å². The molecule has 0 saturated carbocycles. The van der Waals surface area contributed by atoms with E-state index in [1.807, 2.05) is 6.92 Å². The molecular formula is C11H13N3O2. The summed E-state index contributed by atoms with van der Waals surface area (Å²) in [6.45, 7) is 1.95. The maximum Gasteiger partial charge on any atom is 0.247 e. The van der Waals surface area contributed by atoms with Crippen molar-refractivity contribution in [3.05, 3.63) is 30.2 Å². The first-order chi connectivity index (χ1) is 7.70. The highest BCUT2D eigenvalue weighted by Crippen LogP contribution is 2.23. The Morgan fingerprint density at radius 2 is 2.25 bits per heavy atom. The highest BCUT2D eigenvalue weighted by molar-refractivity contribution is 5.55. The number of rotatable bonds is 3. The van der Waals surface area contributed by atoms with E-state index in [1.165, 1.54) is 0 Å². The van der Waals surface area contributed by atoms with Gasteiger partial charge in [-0.15, -0.1) is 10.2 Å².